The number of hydrazone groups is 1. The third-order valence-electron chi connectivity index (χ3n) is 3.17. The van der Waals surface area contributed by atoms with E-state index < -0.39 is 28.6 Å². The molecule has 2 aromatic rings. The first-order valence-corrected chi connectivity index (χ1v) is 7.64. The van der Waals surface area contributed by atoms with E-state index in [1.165, 1.54) is 24.3 Å². The Kier molecular flexibility index (Phi) is 5.89. The number of carbonyl (C=O) groups excluding carboxylic acids is 2. The van der Waals surface area contributed by atoms with E-state index in [1.807, 2.05) is 0 Å². The number of hydrogen-bond donors (Lipinski definition) is 2. The van der Waals surface area contributed by atoms with Crippen LogP contribution in [0.2, 0.25) is 10.0 Å². The number of carbonyl (C=O) groups is 2. The maximum atomic E-state index is 12.8. The Balaban J connectivity index is 2.21. The molecule has 0 aliphatic carbocycles. The second-order valence-electron chi connectivity index (χ2n) is 4.99. The van der Waals surface area contributed by atoms with Gasteiger partial charge in [0.15, 0.2) is 0 Å². The molecule has 0 bridgehead atoms. The summed E-state index contributed by atoms with van der Waals surface area (Å²) in [5, 5.41) is 3.31. The van der Waals surface area contributed by atoms with Gasteiger partial charge in [0.2, 0.25) is 5.91 Å². The Morgan fingerprint density at radius 3 is 2.38 bits per heavy atom. The molecule has 0 heterocycles. The molecule has 0 aliphatic rings. The molecule has 26 heavy (non-hydrogen) atoms. The maximum Gasteiger partial charge on any atom is 0.417 e. The molecule has 0 saturated heterocycles. The summed E-state index contributed by atoms with van der Waals surface area (Å²) in [6.45, 7) is 0. The van der Waals surface area contributed by atoms with Crippen LogP contribution in [0, 0.1) is 0 Å². The topological polar surface area (TPSA) is 84.5 Å². The normalized spacial score (nSPS) is 11.6. The van der Waals surface area contributed by atoms with Gasteiger partial charge in [0.25, 0.3) is 5.91 Å². The number of alkyl halides is 3. The Bertz CT molecular complexity index is 899. The Morgan fingerprint density at radius 1 is 1.08 bits per heavy atom. The Morgan fingerprint density at radius 2 is 1.77 bits per heavy atom. The zero-order chi connectivity index (χ0) is 19.5. The number of hydrogen-bond acceptors (Lipinski definition) is 3. The summed E-state index contributed by atoms with van der Waals surface area (Å²) in [5.74, 6) is -1.65. The molecule has 0 atom stereocenters. The van der Waals surface area contributed by atoms with Gasteiger partial charge in [0, 0.05) is 5.02 Å². The summed E-state index contributed by atoms with van der Waals surface area (Å²) in [6, 6.07) is 7.02. The standard InChI is InChI=1S/C16H10Cl2F3N3O2/c17-9-2-3-10(14(22)25)11(6-9)15(26)24-23-7-8-1-4-13(18)12(5-8)16(19,20)21/h1-7H,(H2,22,25)(H,24,26). The average molecular weight is 404 g/mol. The molecule has 0 saturated carbocycles. The van der Waals surface area contributed by atoms with Gasteiger partial charge >= 0.3 is 6.18 Å². The van der Waals surface area contributed by atoms with Crippen LogP contribution in [0.3, 0.4) is 0 Å². The SMILES string of the molecule is NC(=O)c1ccc(Cl)cc1C(=O)NN=Cc1ccc(Cl)c(C(F)(F)F)c1. The van der Waals surface area contributed by atoms with Crippen LogP contribution >= 0.6 is 23.2 Å². The second kappa shape index (κ2) is 7.76. The van der Waals surface area contributed by atoms with Gasteiger partial charge in [-0.1, -0.05) is 29.3 Å². The number of benzene rings is 2. The summed E-state index contributed by atoms with van der Waals surface area (Å²) in [7, 11) is 0. The molecule has 0 fully saturated rings. The molecule has 2 aromatic carbocycles. The summed E-state index contributed by atoms with van der Waals surface area (Å²) < 4.78 is 38.4. The minimum absolute atomic E-state index is 0.0586. The van der Waals surface area contributed by atoms with E-state index in [4.69, 9.17) is 28.9 Å². The van der Waals surface area contributed by atoms with E-state index in [-0.39, 0.29) is 21.7 Å². The number of primary amides is 1. The van der Waals surface area contributed by atoms with Crippen LogP contribution in [0.25, 0.3) is 0 Å². The van der Waals surface area contributed by atoms with Crippen LogP contribution in [-0.2, 0) is 6.18 Å². The fraction of sp³-hybridized carbons (Fsp3) is 0.0625. The number of rotatable bonds is 4. The van der Waals surface area contributed by atoms with E-state index in [1.54, 1.807) is 0 Å². The van der Waals surface area contributed by atoms with Crippen molar-refractivity contribution in [1.29, 1.82) is 0 Å². The quantitative estimate of drug-likeness (QED) is 0.599. The van der Waals surface area contributed by atoms with Gasteiger partial charge in [0.1, 0.15) is 0 Å². The van der Waals surface area contributed by atoms with E-state index in [2.05, 4.69) is 10.5 Å². The molecule has 0 radical (unpaired) electrons. The van der Waals surface area contributed by atoms with Crippen LogP contribution in [-0.4, -0.2) is 18.0 Å². The molecule has 2 rings (SSSR count). The minimum atomic E-state index is -4.62. The first kappa shape index (κ1) is 19.7. The van der Waals surface area contributed by atoms with Gasteiger partial charge in [-0.15, -0.1) is 0 Å². The predicted molar refractivity (Wildman–Crippen MR) is 91.5 cm³/mol. The Hall–Kier alpha value is -2.58. The van der Waals surface area contributed by atoms with E-state index in [0.29, 0.717) is 0 Å². The van der Waals surface area contributed by atoms with Crippen molar-refractivity contribution in [2.24, 2.45) is 10.8 Å². The number of nitrogens with one attached hydrogen (secondary N) is 1. The van der Waals surface area contributed by atoms with Crippen LogP contribution in [0.5, 0.6) is 0 Å². The molecule has 2 amide bonds. The van der Waals surface area contributed by atoms with Gasteiger partial charge < -0.3 is 5.73 Å². The lowest BCUT2D eigenvalue weighted by atomic mass is 10.1. The maximum absolute atomic E-state index is 12.8. The van der Waals surface area contributed by atoms with Gasteiger partial charge in [-0.2, -0.15) is 18.3 Å². The van der Waals surface area contributed by atoms with Crippen LogP contribution in [0.4, 0.5) is 13.2 Å². The third-order valence-corrected chi connectivity index (χ3v) is 3.73. The monoisotopic (exact) mass is 403 g/mol. The van der Waals surface area contributed by atoms with Crippen molar-refractivity contribution in [3.63, 3.8) is 0 Å². The zero-order valence-electron chi connectivity index (χ0n) is 12.8. The largest absolute Gasteiger partial charge is 0.417 e. The van der Waals surface area contributed by atoms with Crippen molar-refractivity contribution in [2.45, 2.75) is 6.18 Å². The minimum Gasteiger partial charge on any atom is -0.366 e. The van der Waals surface area contributed by atoms with E-state index in [0.717, 1.165) is 18.3 Å². The lowest BCUT2D eigenvalue weighted by Crippen LogP contribution is -2.23. The average Bonchev–Trinajstić information content (AvgIpc) is 2.54. The van der Waals surface area contributed by atoms with Gasteiger partial charge in [-0.25, -0.2) is 5.43 Å². The second-order valence-corrected chi connectivity index (χ2v) is 5.83. The molecule has 0 aliphatic heterocycles. The molecule has 10 heteroatoms. The molecule has 5 nitrogen and oxygen atoms in total. The molecular weight excluding hydrogens is 394 g/mol. The summed E-state index contributed by atoms with van der Waals surface area (Å²) in [5.41, 5.74) is 6.11. The Labute approximate surface area is 155 Å². The molecule has 0 spiro atoms. The first-order valence-electron chi connectivity index (χ1n) is 6.89. The van der Waals surface area contributed by atoms with Crippen LogP contribution < -0.4 is 11.2 Å². The van der Waals surface area contributed by atoms with Crippen molar-refractivity contribution < 1.29 is 22.8 Å². The van der Waals surface area contributed by atoms with Crippen molar-refractivity contribution in [3.05, 3.63) is 68.7 Å². The van der Waals surface area contributed by atoms with Crippen LogP contribution in [0.15, 0.2) is 41.5 Å². The lowest BCUT2D eigenvalue weighted by Gasteiger charge is -2.09. The fourth-order valence-electron chi connectivity index (χ4n) is 1.99. The molecule has 0 unspecified atom stereocenters. The lowest BCUT2D eigenvalue weighted by molar-refractivity contribution is -0.137. The predicted octanol–water partition coefficient (Wildman–Crippen LogP) is 3.88. The van der Waals surface area contributed by atoms with Gasteiger partial charge in [-0.3, -0.25) is 9.59 Å². The fourth-order valence-corrected chi connectivity index (χ4v) is 2.38. The first-order chi connectivity index (χ1) is 12.1. The van der Waals surface area contributed by atoms with Crippen molar-refractivity contribution in [1.82, 2.24) is 5.43 Å². The van der Waals surface area contributed by atoms with Crippen molar-refractivity contribution in [3.8, 4) is 0 Å². The highest BCUT2D eigenvalue weighted by atomic mass is 35.5. The van der Waals surface area contributed by atoms with E-state index in [9.17, 15) is 22.8 Å². The highest BCUT2D eigenvalue weighted by Gasteiger charge is 2.33. The highest BCUT2D eigenvalue weighted by Crippen LogP contribution is 2.34. The van der Waals surface area contributed by atoms with Crippen LogP contribution in [0.1, 0.15) is 31.8 Å². The summed E-state index contributed by atoms with van der Waals surface area (Å²) in [4.78, 5) is 23.4. The number of halogens is 5. The zero-order valence-corrected chi connectivity index (χ0v) is 14.3. The van der Waals surface area contributed by atoms with Gasteiger partial charge in [-0.05, 0) is 35.9 Å². The third kappa shape index (κ3) is 4.74. The molecule has 136 valence electrons. The number of nitrogens with zero attached hydrogens (tertiary/aromatic N) is 1. The molecule has 0 aromatic heterocycles. The number of nitrogens with two attached hydrogens (primary N) is 1. The molecular formula is C16H10Cl2F3N3O2. The summed E-state index contributed by atoms with van der Waals surface area (Å²) >= 11 is 11.3. The van der Waals surface area contributed by atoms with E-state index >= 15 is 0 Å². The molecule has 3 N–H and O–H groups in total. The van der Waals surface area contributed by atoms with Gasteiger partial charge in [0.05, 0.1) is 27.9 Å². The highest BCUT2D eigenvalue weighted by molar-refractivity contribution is 6.31. The smallest absolute Gasteiger partial charge is 0.366 e. The number of amides is 2. The van der Waals surface area contributed by atoms with Crippen molar-refractivity contribution in [2.75, 3.05) is 0 Å². The summed E-state index contributed by atoms with van der Waals surface area (Å²) in [6.07, 6.45) is -3.63. The van der Waals surface area contributed by atoms with Crippen molar-refractivity contribution >= 4 is 41.2 Å².